The molecule has 0 unspecified atom stereocenters. The minimum atomic E-state index is -0.425. The fourth-order valence-electron chi connectivity index (χ4n) is 2.28. The van der Waals surface area contributed by atoms with Crippen LogP contribution in [0.25, 0.3) is 0 Å². The lowest BCUT2D eigenvalue weighted by molar-refractivity contribution is -0.387. The lowest BCUT2D eigenvalue weighted by Crippen LogP contribution is -2.14. The molecule has 2 heterocycles. The number of carbonyl (C=O) groups is 1. The average molecular weight is 343 g/mol. The van der Waals surface area contributed by atoms with Crippen molar-refractivity contribution in [2.45, 2.75) is 23.6 Å². The summed E-state index contributed by atoms with van der Waals surface area (Å²) >= 11 is 1.22. The summed E-state index contributed by atoms with van der Waals surface area (Å²) in [5, 5.41) is 15.4. The van der Waals surface area contributed by atoms with E-state index in [-0.39, 0.29) is 17.4 Å². The van der Waals surface area contributed by atoms with Crippen LogP contribution in [0.2, 0.25) is 0 Å². The van der Waals surface area contributed by atoms with Gasteiger partial charge in [0.25, 0.3) is 5.69 Å². The molecule has 7 nitrogen and oxygen atoms in total. The number of nitro groups is 1. The monoisotopic (exact) mass is 343 g/mol. The second kappa shape index (κ2) is 6.32. The van der Waals surface area contributed by atoms with Crippen molar-refractivity contribution >= 4 is 23.4 Å². The molecule has 0 aliphatic rings. The van der Waals surface area contributed by atoms with Crippen LogP contribution in [0, 0.1) is 24.0 Å². The van der Waals surface area contributed by atoms with Gasteiger partial charge in [0, 0.05) is 6.07 Å². The minimum absolute atomic E-state index is 0.0198. The first kappa shape index (κ1) is 16.0. The zero-order chi connectivity index (χ0) is 17.3. The van der Waals surface area contributed by atoms with Gasteiger partial charge in [-0.05, 0) is 32.0 Å². The van der Waals surface area contributed by atoms with Gasteiger partial charge in [-0.25, -0.2) is 0 Å². The van der Waals surface area contributed by atoms with Gasteiger partial charge in [-0.15, -0.1) is 0 Å². The number of hydrogen-bond donors (Lipinski definition) is 0. The second-order valence-corrected chi connectivity index (χ2v) is 6.07. The summed E-state index contributed by atoms with van der Waals surface area (Å²) in [6, 6.07) is 9.67. The van der Waals surface area contributed by atoms with E-state index in [1.54, 1.807) is 44.2 Å². The third-order valence-corrected chi connectivity index (χ3v) is 4.78. The van der Waals surface area contributed by atoms with Crippen LogP contribution in [-0.2, 0) is 0 Å². The quantitative estimate of drug-likeness (QED) is 0.528. The second-order valence-electron chi connectivity index (χ2n) is 5.02. The summed E-state index contributed by atoms with van der Waals surface area (Å²) in [4.78, 5) is 24.4. The highest BCUT2D eigenvalue weighted by atomic mass is 32.2. The van der Waals surface area contributed by atoms with E-state index in [0.29, 0.717) is 21.2 Å². The largest absolute Gasteiger partial charge is 0.459 e. The number of furan rings is 1. The number of hydrogen-bond acceptors (Lipinski definition) is 6. The Morgan fingerprint density at radius 2 is 2.00 bits per heavy atom. The van der Waals surface area contributed by atoms with E-state index in [9.17, 15) is 14.9 Å². The standard InChI is InChI=1S/C16H13N3O4S/c1-10-15(24-14-8-4-3-6-12(14)19(21)22)11(2)18(17-10)16(20)13-7-5-9-23-13/h3-9H,1-2H3. The molecule has 0 amide bonds. The third-order valence-electron chi connectivity index (χ3n) is 3.42. The lowest BCUT2D eigenvalue weighted by Gasteiger charge is -2.04. The Morgan fingerprint density at radius 1 is 1.25 bits per heavy atom. The molecule has 0 atom stereocenters. The fraction of sp³-hybridized carbons (Fsp3) is 0.125. The van der Waals surface area contributed by atoms with E-state index in [2.05, 4.69) is 5.10 Å². The fourth-order valence-corrected chi connectivity index (χ4v) is 3.32. The van der Waals surface area contributed by atoms with E-state index >= 15 is 0 Å². The molecule has 122 valence electrons. The molecule has 0 aliphatic heterocycles. The summed E-state index contributed by atoms with van der Waals surface area (Å²) in [6.45, 7) is 3.51. The van der Waals surface area contributed by atoms with E-state index in [4.69, 9.17) is 4.42 Å². The van der Waals surface area contributed by atoms with Crippen LogP contribution in [0.15, 0.2) is 56.9 Å². The molecule has 0 radical (unpaired) electrons. The van der Waals surface area contributed by atoms with Crippen molar-refractivity contribution in [3.8, 4) is 0 Å². The smallest absolute Gasteiger partial charge is 0.314 e. The molecule has 0 N–H and O–H groups in total. The molecule has 2 aromatic heterocycles. The predicted molar refractivity (Wildman–Crippen MR) is 87.4 cm³/mol. The number of para-hydroxylation sites is 1. The van der Waals surface area contributed by atoms with E-state index < -0.39 is 4.92 Å². The van der Waals surface area contributed by atoms with Crippen molar-refractivity contribution in [1.82, 2.24) is 9.78 Å². The molecule has 0 saturated heterocycles. The first-order valence-corrected chi connectivity index (χ1v) is 7.86. The molecule has 24 heavy (non-hydrogen) atoms. The highest BCUT2D eigenvalue weighted by molar-refractivity contribution is 7.99. The molecule has 0 aliphatic carbocycles. The SMILES string of the molecule is Cc1nn(C(=O)c2ccco2)c(C)c1Sc1ccccc1[N+](=O)[O-]. The summed E-state index contributed by atoms with van der Waals surface area (Å²) in [5.41, 5.74) is 1.25. The van der Waals surface area contributed by atoms with Gasteiger partial charge in [-0.1, -0.05) is 23.9 Å². The molecule has 3 aromatic rings. The number of carbonyl (C=O) groups excluding carboxylic acids is 1. The molecular weight excluding hydrogens is 330 g/mol. The van der Waals surface area contributed by atoms with Gasteiger partial charge in [0.05, 0.1) is 32.4 Å². The van der Waals surface area contributed by atoms with Gasteiger partial charge < -0.3 is 4.42 Å². The first-order valence-electron chi connectivity index (χ1n) is 7.04. The van der Waals surface area contributed by atoms with Crippen molar-refractivity contribution in [3.63, 3.8) is 0 Å². The zero-order valence-electron chi connectivity index (χ0n) is 12.9. The molecule has 3 rings (SSSR count). The topological polar surface area (TPSA) is 91.2 Å². The van der Waals surface area contributed by atoms with Gasteiger partial charge in [-0.3, -0.25) is 14.9 Å². The average Bonchev–Trinajstić information content (AvgIpc) is 3.18. The van der Waals surface area contributed by atoms with Crippen molar-refractivity contribution in [3.05, 3.63) is 69.9 Å². The van der Waals surface area contributed by atoms with Crippen LogP contribution >= 0.6 is 11.8 Å². The summed E-state index contributed by atoms with van der Waals surface area (Å²) in [5.74, 6) is -0.196. The van der Waals surface area contributed by atoms with Crippen molar-refractivity contribution < 1.29 is 14.1 Å². The van der Waals surface area contributed by atoms with Crippen LogP contribution in [0.3, 0.4) is 0 Å². The maximum absolute atomic E-state index is 12.4. The van der Waals surface area contributed by atoms with Crippen LogP contribution in [-0.4, -0.2) is 20.6 Å². The number of nitro benzene ring substituents is 1. The predicted octanol–water partition coefficient (Wildman–Crippen LogP) is 3.84. The van der Waals surface area contributed by atoms with Crippen LogP contribution < -0.4 is 0 Å². The van der Waals surface area contributed by atoms with Gasteiger partial charge in [-0.2, -0.15) is 9.78 Å². The summed E-state index contributed by atoms with van der Waals surface area (Å²) in [7, 11) is 0. The number of aromatic nitrogens is 2. The highest BCUT2D eigenvalue weighted by Gasteiger charge is 2.22. The Morgan fingerprint density at radius 3 is 2.67 bits per heavy atom. The maximum Gasteiger partial charge on any atom is 0.314 e. The Kier molecular flexibility index (Phi) is 4.22. The van der Waals surface area contributed by atoms with Gasteiger partial charge in [0.1, 0.15) is 0 Å². The van der Waals surface area contributed by atoms with Gasteiger partial charge >= 0.3 is 5.91 Å². The van der Waals surface area contributed by atoms with Crippen LogP contribution in [0.1, 0.15) is 21.9 Å². The number of aryl methyl sites for hydroxylation is 1. The van der Waals surface area contributed by atoms with Crippen molar-refractivity contribution in [2.75, 3.05) is 0 Å². The Bertz CT molecular complexity index is 916. The van der Waals surface area contributed by atoms with Crippen LogP contribution in [0.5, 0.6) is 0 Å². The Labute approximate surface area is 141 Å². The molecule has 1 aromatic carbocycles. The highest BCUT2D eigenvalue weighted by Crippen LogP contribution is 2.37. The summed E-state index contributed by atoms with van der Waals surface area (Å²) in [6.07, 6.45) is 1.42. The van der Waals surface area contributed by atoms with Crippen LogP contribution in [0.4, 0.5) is 5.69 Å². The minimum Gasteiger partial charge on any atom is -0.459 e. The molecular formula is C16H13N3O4S. The molecule has 0 fully saturated rings. The number of nitrogens with zero attached hydrogens (tertiary/aromatic N) is 3. The zero-order valence-corrected chi connectivity index (χ0v) is 13.7. The molecule has 0 spiro atoms. The molecule has 0 saturated carbocycles. The third kappa shape index (κ3) is 2.83. The first-order chi connectivity index (χ1) is 11.5. The molecule has 8 heteroatoms. The lowest BCUT2D eigenvalue weighted by atomic mass is 10.3. The normalized spacial score (nSPS) is 10.8. The van der Waals surface area contributed by atoms with E-state index in [0.717, 1.165) is 0 Å². The van der Waals surface area contributed by atoms with Crippen molar-refractivity contribution in [1.29, 1.82) is 0 Å². The number of rotatable bonds is 4. The van der Waals surface area contributed by atoms with Gasteiger partial charge in [0.15, 0.2) is 5.76 Å². The summed E-state index contributed by atoms with van der Waals surface area (Å²) < 4.78 is 6.37. The number of benzene rings is 1. The Balaban J connectivity index is 1.99. The maximum atomic E-state index is 12.4. The van der Waals surface area contributed by atoms with Crippen molar-refractivity contribution in [2.24, 2.45) is 0 Å². The molecule has 0 bridgehead atoms. The van der Waals surface area contributed by atoms with E-state index in [1.807, 2.05) is 0 Å². The van der Waals surface area contributed by atoms with E-state index in [1.165, 1.54) is 28.8 Å². The van der Waals surface area contributed by atoms with Gasteiger partial charge in [0.2, 0.25) is 0 Å². The Hall–Kier alpha value is -2.87.